The van der Waals surface area contributed by atoms with Crippen LogP contribution in [0.15, 0.2) is 18.2 Å². The molecule has 2 rings (SSSR count). The van der Waals surface area contributed by atoms with Crippen LogP contribution in [0.25, 0.3) is 0 Å². The molecule has 0 bridgehead atoms. The average molecular weight is 262 g/mol. The lowest BCUT2D eigenvalue weighted by atomic mass is 10.0. The number of nitrogens with zero attached hydrogens (tertiary/aromatic N) is 2. The van der Waals surface area contributed by atoms with E-state index >= 15 is 0 Å². The van der Waals surface area contributed by atoms with Gasteiger partial charge in [0.2, 0.25) is 0 Å². The quantitative estimate of drug-likeness (QED) is 0.836. The van der Waals surface area contributed by atoms with E-state index in [-0.39, 0.29) is 5.91 Å². The van der Waals surface area contributed by atoms with Crippen LogP contribution >= 0.6 is 0 Å². The Morgan fingerprint density at radius 1 is 1.32 bits per heavy atom. The maximum atomic E-state index is 12.5. The molecule has 0 atom stereocenters. The summed E-state index contributed by atoms with van der Waals surface area (Å²) < 4.78 is 5.84. The Balaban J connectivity index is 2.38. The molecular weight excluding hydrogens is 240 g/mol. The number of benzene rings is 1. The Labute approximate surface area is 115 Å². The summed E-state index contributed by atoms with van der Waals surface area (Å²) >= 11 is 0. The maximum Gasteiger partial charge on any atom is 0.270 e. The Morgan fingerprint density at radius 3 is 2.63 bits per heavy atom. The van der Waals surface area contributed by atoms with Gasteiger partial charge in [-0.2, -0.15) is 0 Å². The molecule has 1 aliphatic heterocycles. The van der Waals surface area contributed by atoms with Crippen LogP contribution in [0.2, 0.25) is 0 Å². The number of aryl methyl sites for hydroxylation is 1. The lowest BCUT2D eigenvalue weighted by Crippen LogP contribution is -2.53. The topological polar surface area (TPSA) is 32.8 Å². The number of ether oxygens (including phenoxy) is 1. The number of amides is 1. The van der Waals surface area contributed by atoms with Gasteiger partial charge in [0.15, 0.2) is 5.60 Å². The van der Waals surface area contributed by atoms with Crippen LogP contribution in [-0.4, -0.2) is 43.6 Å². The van der Waals surface area contributed by atoms with Crippen LogP contribution in [0.3, 0.4) is 0 Å². The molecule has 0 N–H and O–H groups in total. The highest BCUT2D eigenvalue weighted by molar-refractivity contribution is 6.02. The van der Waals surface area contributed by atoms with Crippen LogP contribution in [0, 0.1) is 6.92 Å². The van der Waals surface area contributed by atoms with E-state index in [4.69, 9.17) is 4.74 Å². The van der Waals surface area contributed by atoms with Gasteiger partial charge in [0.05, 0.1) is 5.69 Å². The largest absolute Gasteiger partial charge is 0.476 e. The predicted molar refractivity (Wildman–Crippen MR) is 76.8 cm³/mol. The molecule has 0 aromatic heterocycles. The summed E-state index contributed by atoms with van der Waals surface area (Å²) in [4.78, 5) is 16.4. The minimum atomic E-state index is -0.799. The zero-order chi connectivity index (χ0) is 14.2. The third kappa shape index (κ3) is 2.73. The number of hydrogen-bond acceptors (Lipinski definition) is 3. The number of carbonyl (C=O) groups excluding carboxylic acids is 1. The van der Waals surface area contributed by atoms with Crippen LogP contribution in [0.5, 0.6) is 5.75 Å². The summed E-state index contributed by atoms with van der Waals surface area (Å²) in [6.45, 7) is 7.17. The van der Waals surface area contributed by atoms with E-state index in [0.717, 1.165) is 23.5 Å². The molecule has 0 aliphatic carbocycles. The molecule has 4 heteroatoms. The fourth-order valence-electron chi connectivity index (χ4n) is 2.20. The summed E-state index contributed by atoms with van der Waals surface area (Å²) in [5.41, 5.74) is 1.21. The van der Waals surface area contributed by atoms with Crippen molar-refractivity contribution in [1.29, 1.82) is 0 Å². The molecule has 0 spiro atoms. The van der Waals surface area contributed by atoms with Crippen LogP contribution in [0.1, 0.15) is 19.4 Å². The lowest BCUT2D eigenvalue weighted by Gasteiger charge is -2.39. The molecule has 1 heterocycles. The number of anilines is 1. The molecule has 1 aliphatic rings. The second-order valence-corrected chi connectivity index (χ2v) is 5.84. The highest BCUT2D eigenvalue weighted by atomic mass is 16.5. The molecule has 1 aromatic rings. The monoisotopic (exact) mass is 262 g/mol. The van der Waals surface area contributed by atoms with Gasteiger partial charge in [-0.15, -0.1) is 0 Å². The van der Waals surface area contributed by atoms with Crippen molar-refractivity contribution < 1.29 is 9.53 Å². The number of likely N-dealkylation sites (N-methyl/N-ethyl adjacent to an activating group) is 1. The molecule has 0 saturated carbocycles. The van der Waals surface area contributed by atoms with Gasteiger partial charge in [-0.25, -0.2) is 0 Å². The summed E-state index contributed by atoms with van der Waals surface area (Å²) in [6, 6.07) is 5.97. The van der Waals surface area contributed by atoms with Gasteiger partial charge in [0.25, 0.3) is 5.91 Å². The number of fused-ring (bicyclic) bond motifs is 1. The first-order valence-corrected chi connectivity index (χ1v) is 6.57. The lowest BCUT2D eigenvalue weighted by molar-refractivity contribution is -0.132. The first kappa shape index (κ1) is 13.9. The van der Waals surface area contributed by atoms with E-state index in [9.17, 15) is 4.79 Å². The van der Waals surface area contributed by atoms with Gasteiger partial charge < -0.3 is 14.5 Å². The highest BCUT2D eigenvalue weighted by Crippen LogP contribution is 2.38. The Bertz CT molecular complexity index is 495. The Hall–Kier alpha value is -1.55. The van der Waals surface area contributed by atoms with Crippen LogP contribution in [-0.2, 0) is 4.79 Å². The minimum Gasteiger partial charge on any atom is -0.476 e. The van der Waals surface area contributed by atoms with Crippen molar-refractivity contribution in [3.8, 4) is 5.75 Å². The molecule has 0 radical (unpaired) electrons. The SMILES string of the molecule is Cc1ccc2c(c1)OC(C)(C)C(=O)N2CCN(C)C. The molecule has 19 heavy (non-hydrogen) atoms. The van der Waals surface area contributed by atoms with Crippen molar-refractivity contribution in [2.75, 3.05) is 32.1 Å². The first-order valence-electron chi connectivity index (χ1n) is 6.57. The summed E-state index contributed by atoms with van der Waals surface area (Å²) in [5.74, 6) is 0.814. The van der Waals surface area contributed by atoms with Gasteiger partial charge in [-0.1, -0.05) is 6.07 Å². The van der Waals surface area contributed by atoms with E-state index in [1.165, 1.54) is 0 Å². The van der Waals surface area contributed by atoms with Gasteiger partial charge in [0.1, 0.15) is 5.75 Å². The number of hydrogen-bond donors (Lipinski definition) is 0. The number of carbonyl (C=O) groups is 1. The minimum absolute atomic E-state index is 0.0192. The van der Waals surface area contributed by atoms with Gasteiger partial charge >= 0.3 is 0 Å². The Kier molecular flexibility index (Phi) is 3.54. The highest BCUT2D eigenvalue weighted by Gasteiger charge is 2.40. The van der Waals surface area contributed by atoms with E-state index in [1.807, 2.05) is 58.0 Å². The zero-order valence-corrected chi connectivity index (χ0v) is 12.4. The average Bonchev–Trinajstić information content (AvgIpc) is 2.29. The second-order valence-electron chi connectivity index (χ2n) is 5.84. The molecule has 104 valence electrons. The van der Waals surface area contributed by atoms with Crippen molar-refractivity contribution >= 4 is 11.6 Å². The van der Waals surface area contributed by atoms with Crippen LogP contribution in [0.4, 0.5) is 5.69 Å². The van der Waals surface area contributed by atoms with Crippen molar-refractivity contribution in [1.82, 2.24) is 4.90 Å². The molecule has 4 nitrogen and oxygen atoms in total. The van der Waals surface area contributed by atoms with Crippen molar-refractivity contribution in [2.24, 2.45) is 0 Å². The third-order valence-electron chi connectivity index (χ3n) is 3.30. The molecule has 1 amide bonds. The summed E-state index contributed by atoms with van der Waals surface area (Å²) in [7, 11) is 4.01. The third-order valence-corrected chi connectivity index (χ3v) is 3.30. The van der Waals surface area contributed by atoms with E-state index in [1.54, 1.807) is 0 Å². The van der Waals surface area contributed by atoms with Crippen molar-refractivity contribution in [3.05, 3.63) is 23.8 Å². The van der Waals surface area contributed by atoms with Gasteiger partial charge in [0, 0.05) is 13.1 Å². The maximum absolute atomic E-state index is 12.5. The molecule has 1 aromatic carbocycles. The second kappa shape index (κ2) is 4.85. The van der Waals surface area contributed by atoms with Crippen molar-refractivity contribution in [2.45, 2.75) is 26.4 Å². The summed E-state index contributed by atoms with van der Waals surface area (Å²) in [6.07, 6.45) is 0. The van der Waals surface area contributed by atoms with E-state index in [0.29, 0.717) is 6.54 Å². The molecule has 0 saturated heterocycles. The van der Waals surface area contributed by atoms with Gasteiger partial charge in [-0.05, 0) is 52.6 Å². The first-order chi connectivity index (χ1) is 8.81. The fraction of sp³-hybridized carbons (Fsp3) is 0.533. The summed E-state index contributed by atoms with van der Waals surface area (Å²) in [5, 5.41) is 0. The number of rotatable bonds is 3. The molecule has 0 fully saturated rings. The smallest absolute Gasteiger partial charge is 0.270 e. The van der Waals surface area contributed by atoms with E-state index in [2.05, 4.69) is 4.90 Å². The normalized spacial score (nSPS) is 17.4. The van der Waals surface area contributed by atoms with Gasteiger partial charge in [-0.3, -0.25) is 4.79 Å². The zero-order valence-electron chi connectivity index (χ0n) is 12.4. The Morgan fingerprint density at radius 2 is 2.00 bits per heavy atom. The standard InChI is InChI=1S/C15H22N2O2/c1-11-6-7-12-13(10-11)19-15(2,3)14(18)17(12)9-8-16(4)5/h6-7,10H,8-9H2,1-5H3. The molecular formula is C15H22N2O2. The van der Waals surface area contributed by atoms with Crippen LogP contribution < -0.4 is 9.64 Å². The van der Waals surface area contributed by atoms with E-state index < -0.39 is 5.60 Å². The predicted octanol–water partition coefficient (Wildman–Crippen LogP) is 2.06. The van der Waals surface area contributed by atoms with Crippen molar-refractivity contribution in [3.63, 3.8) is 0 Å². The molecule has 0 unspecified atom stereocenters. The fourth-order valence-corrected chi connectivity index (χ4v) is 2.20.